The van der Waals surface area contributed by atoms with Crippen LogP contribution < -0.4 is 5.32 Å². The molecule has 0 fully saturated rings. The number of carbonyl (C=O) groups is 1. The van der Waals surface area contributed by atoms with Gasteiger partial charge < -0.3 is 15.0 Å². The Morgan fingerprint density at radius 2 is 2.16 bits per heavy atom. The molecule has 4 aromatic heterocycles. The lowest BCUT2D eigenvalue weighted by atomic mass is 10.1. The van der Waals surface area contributed by atoms with Crippen LogP contribution in [0.25, 0.3) is 16.5 Å². The first-order valence-electron chi connectivity index (χ1n) is 10.4. The fourth-order valence-corrected chi connectivity index (χ4v) is 4.34. The van der Waals surface area contributed by atoms with Crippen molar-refractivity contribution in [3.05, 3.63) is 64.9 Å². The average molecular weight is 452 g/mol. The van der Waals surface area contributed by atoms with Crippen molar-refractivity contribution in [3.63, 3.8) is 0 Å². The molecule has 1 atom stereocenters. The molecule has 2 N–H and O–H groups in total. The minimum atomic E-state index is -0.575. The van der Waals surface area contributed by atoms with Crippen LogP contribution in [0.15, 0.2) is 42.4 Å². The van der Waals surface area contributed by atoms with Crippen LogP contribution in [0.1, 0.15) is 46.7 Å². The van der Waals surface area contributed by atoms with Crippen molar-refractivity contribution < 1.29 is 9.90 Å². The van der Waals surface area contributed by atoms with Crippen molar-refractivity contribution in [2.75, 3.05) is 6.61 Å². The maximum atomic E-state index is 13.1. The van der Waals surface area contributed by atoms with E-state index in [-0.39, 0.29) is 12.5 Å². The Morgan fingerprint density at radius 3 is 2.81 bits per heavy atom. The van der Waals surface area contributed by atoms with E-state index in [4.69, 9.17) is 4.98 Å². The zero-order valence-electron chi connectivity index (χ0n) is 18.2. The standard InChI is InChI=1S/C22H25N7O2S/c1-4-6-17-15(21(31)26-16(12-30)18-11-23-13-28(18)3)10-25-29(17)22-24-9-14(2)20(27-22)19-7-5-8-32-19/h5,7-11,13,16,30H,4,6,12H2,1-3H3,(H,26,31). The number of aryl methyl sites for hydroxylation is 2. The molecule has 4 rings (SSSR count). The molecule has 1 amide bonds. The molecule has 0 saturated carbocycles. The van der Waals surface area contributed by atoms with E-state index in [9.17, 15) is 9.90 Å². The monoisotopic (exact) mass is 451 g/mol. The molecule has 4 aromatic rings. The summed E-state index contributed by atoms with van der Waals surface area (Å²) >= 11 is 1.61. The molecule has 1 unspecified atom stereocenters. The Balaban J connectivity index is 1.68. The number of amides is 1. The highest BCUT2D eigenvalue weighted by Gasteiger charge is 2.23. The summed E-state index contributed by atoms with van der Waals surface area (Å²) in [6.45, 7) is 3.77. The van der Waals surface area contributed by atoms with Crippen molar-refractivity contribution in [2.45, 2.75) is 32.7 Å². The molecule has 166 valence electrons. The second-order valence-corrected chi connectivity index (χ2v) is 8.43. The van der Waals surface area contributed by atoms with Crippen LogP contribution in [0.3, 0.4) is 0 Å². The number of hydrogen-bond donors (Lipinski definition) is 2. The first kappa shape index (κ1) is 21.8. The van der Waals surface area contributed by atoms with Gasteiger partial charge in [0.05, 0.1) is 58.9 Å². The van der Waals surface area contributed by atoms with E-state index >= 15 is 0 Å². The van der Waals surface area contributed by atoms with Crippen LogP contribution >= 0.6 is 11.3 Å². The zero-order valence-corrected chi connectivity index (χ0v) is 19.0. The molecule has 9 nitrogen and oxygen atoms in total. The van der Waals surface area contributed by atoms with E-state index in [1.54, 1.807) is 39.3 Å². The molecule has 10 heteroatoms. The molecule has 0 bridgehead atoms. The van der Waals surface area contributed by atoms with E-state index in [2.05, 4.69) is 20.4 Å². The fourth-order valence-electron chi connectivity index (χ4n) is 3.56. The summed E-state index contributed by atoms with van der Waals surface area (Å²) in [6, 6.07) is 3.43. The number of imidazole rings is 1. The number of aliphatic hydroxyl groups is 1. The smallest absolute Gasteiger partial charge is 0.255 e. The summed E-state index contributed by atoms with van der Waals surface area (Å²) in [5.74, 6) is 0.109. The summed E-state index contributed by atoms with van der Waals surface area (Å²) in [5, 5.41) is 19.2. The fraction of sp³-hybridized carbons (Fsp3) is 0.318. The van der Waals surface area contributed by atoms with Gasteiger partial charge in [-0.1, -0.05) is 19.4 Å². The highest BCUT2D eigenvalue weighted by atomic mass is 32.1. The zero-order chi connectivity index (χ0) is 22.7. The average Bonchev–Trinajstić information content (AvgIpc) is 3.54. The van der Waals surface area contributed by atoms with Gasteiger partial charge in [0.15, 0.2) is 0 Å². The van der Waals surface area contributed by atoms with Crippen molar-refractivity contribution >= 4 is 17.2 Å². The number of nitrogens with zero attached hydrogens (tertiary/aromatic N) is 6. The van der Waals surface area contributed by atoms with Crippen LogP contribution in [-0.2, 0) is 13.5 Å². The molecule has 0 aliphatic rings. The first-order valence-corrected chi connectivity index (χ1v) is 11.2. The molecule has 0 saturated heterocycles. The van der Waals surface area contributed by atoms with E-state index in [1.807, 2.05) is 38.4 Å². The van der Waals surface area contributed by atoms with Gasteiger partial charge in [-0.15, -0.1) is 11.3 Å². The maximum Gasteiger partial charge on any atom is 0.255 e. The van der Waals surface area contributed by atoms with Gasteiger partial charge in [-0.05, 0) is 30.4 Å². The van der Waals surface area contributed by atoms with E-state index in [0.717, 1.165) is 28.2 Å². The maximum absolute atomic E-state index is 13.1. The largest absolute Gasteiger partial charge is 0.394 e. The predicted molar refractivity (Wildman–Crippen MR) is 122 cm³/mol. The molecule has 0 spiro atoms. The highest BCUT2D eigenvalue weighted by molar-refractivity contribution is 7.13. The van der Waals surface area contributed by atoms with Gasteiger partial charge in [-0.3, -0.25) is 4.79 Å². The van der Waals surface area contributed by atoms with Gasteiger partial charge in [0, 0.05) is 13.2 Å². The lowest BCUT2D eigenvalue weighted by Crippen LogP contribution is -2.32. The lowest BCUT2D eigenvalue weighted by Gasteiger charge is -2.17. The number of aliphatic hydroxyl groups excluding tert-OH is 1. The Labute approximate surface area is 189 Å². The normalized spacial score (nSPS) is 12.1. The SMILES string of the molecule is CCCc1c(C(=O)NC(CO)c2cncn2C)cnn1-c1ncc(C)c(-c2cccs2)n1. The van der Waals surface area contributed by atoms with Gasteiger partial charge in [-0.2, -0.15) is 5.10 Å². The topological polar surface area (TPSA) is 111 Å². The van der Waals surface area contributed by atoms with Gasteiger partial charge >= 0.3 is 0 Å². The minimum absolute atomic E-state index is 0.242. The number of thiophene rings is 1. The number of nitrogens with one attached hydrogen (secondary N) is 1. The summed E-state index contributed by atoms with van der Waals surface area (Å²) < 4.78 is 3.40. The van der Waals surface area contributed by atoms with Crippen molar-refractivity contribution in [2.24, 2.45) is 7.05 Å². The molecule has 4 heterocycles. The summed E-state index contributed by atoms with van der Waals surface area (Å²) in [5.41, 5.74) is 3.71. The quantitative estimate of drug-likeness (QED) is 0.426. The van der Waals surface area contributed by atoms with Gasteiger partial charge in [-0.25, -0.2) is 19.6 Å². The number of aromatic nitrogens is 6. The molecular formula is C22H25N7O2S. The first-order chi connectivity index (χ1) is 15.5. The van der Waals surface area contributed by atoms with Crippen LogP contribution in [0.5, 0.6) is 0 Å². The van der Waals surface area contributed by atoms with Crippen molar-refractivity contribution in [3.8, 4) is 16.5 Å². The third kappa shape index (κ3) is 4.19. The van der Waals surface area contributed by atoms with Gasteiger partial charge in [0.25, 0.3) is 11.9 Å². The number of hydrogen-bond acceptors (Lipinski definition) is 7. The summed E-state index contributed by atoms with van der Waals surface area (Å²) in [6.07, 6.45) is 8.02. The summed E-state index contributed by atoms with van der Waals surface area (Å²) in [4.78, 5) is 27.5. The Hall–Kier alpha value is -3.37. The van der Waals surface area contributed by atoms with E-state index in [1.165, 1.54) is 6.20 Å². The summed E-state index contributed by atoms with van der Waals surface area (Å²) in [7, 11) is 1.82. The van der Waals surface area contributed by atoms with Crippen LogP contribution in [0, 0.1) is 6.92 Å². The Kier molecular flexibility index (Phi) is 6.42. The van der Waals surface area contributed by atoms with E-state index < -0.39 is 6.04 Å². The Bertz CT molecular complexity index is 1210. The minimum Gasteiger partial charge on any atom is -0.394 e. The van der Waals surface area contributed by atoms with Gasteiger partial charge in [0.1, 0.15) is 0 Å². The molecule has 0 aliphatic heterocycles. The van der Waals surface area contributed by atoms with Crippen LogP contribution in [0.2, 0.25) is 0 Å². The second-order valence-electron chi connectivity index (χ2n) is 7.48. The van der Waals surface area contributed by atoms with Crippen molar-refractivity contribution in [1.82, 2.24) is 34.6 Å². The number of rotatable bonds is 8. The second kappa shape index (κ2) is 9.41. The third-order valence-corrected chi connectivity index (χ3v) is 6.08. The van der Waals surface area contributed by atoms with E-state index in [0.29, 0.717) is 23.6 Å². The molecule has 32 heavy (non-hydrogen) atoms. The third-order valence-electron chi connectivity index (χ3n) is 5.20. The van der Waals surface area contributed by atoms with Gasteiger partial charge in [0.2, 0.25) is 0 Å². The molecule has 0 aliphatic carbocycles. The number of carbonyl (C=O) groups excluding carboxylic acids is 1. The Morgan fingerprint density at radius 1 is 1.31 bits per heavy atom. The van der Waals surface area contributed by atoms with Crippen molar-refractivity contribution in [1.29, 1.82) is 0 Å². The molecular weight excluding hydrogens is 426 g/mol. The van der Waals surface area contributed by atoms with Crippen LogP contribution in [-0.4, -0.2) is 46.9 Å². The predicted octanol–water partition coefficient (Wildman–Crippen LogP) is 2.85. The molecule has 0 radical (unpaired) electrons. The lowest BCUT2D eigenvalue weighted by molar-refractivity contribution is 0.0912. The molecule has 0 aromatic carbocycles. The van der Waals surface area contributed by atoms with Crippen LogP contribution in [0.4, 0.5) is 0 Å². The highest BCUT2D eigenvalue weighted by Crippen LogP contribution is 2.26.